The van der Waals surface area contributed by atoms with Gasteiger partial charge in [-0.15, -0.1) is 0 Å². The van der Waals surface area contributed by atoms with Crippen LogP contribution in [0.15, 0.2) is 24.3 Å². The standard InChI is InChI=1S/C18H25N3O4/c1-18(2,3)25-17(24)19-9-10-20(4)11-12-21-15(22)13-7-5-6-8-14(13)16(21)23/h5-8H,9-12H2,1-4H3,(H,19,24). The first-order chi connectivity index (χ1) is 11.7. The molecule has 0 saturated carbocycles. The molecule has 0 radical (unpaired) electrons. The summed E-state index contributed by atoms with van der Waals surface area (Å²) < 4.78 is 5.16. The zero-order valence-electron chi connectivity index (χ0n) is 15.2. The largest absolute Gasteiger partial charge is 0.444 e. The van der Waals surface area contributed by atoms with Gasteiger partial charge in [-0.25, -0.2) is 4.79 Å². The van der Waals surface area contributed by atoms with Crippen LogP contribution in [0.3, 0.4) is 0 Å². The van der Waals surface area contributed by atoms with Crippen LogP contribution in [0, 0.1) is 0 Å². The van der Waals surface area contributed by atoms with E-state index in [1.807, 2.05) is 11.9 Å². The van der Waals surface area contributed by atoms with Gasteiger partial charge in [0.25, 0.3) is 11.8 Å². The molecule has 0 aromatic heterocycles. The van der Waals surface area contributed by atoms with Crippen molar-refractivity contribution in [3.05, 3.63) is 35.4 Å². The Hall–Kier alpha value is -2.41. The molecule has 2 rings (SSSR count). The van der Waals surface area contributed by atoms with Crippen molar-refractivity contribution in [3.63, 3.8) is 0 Å². The number of nitrogens with one attached hydrogen (secondary N) is 1. The van der Waals surface area contributed by atoms with Crippen LogP contribution in [0.4, 0.5) is 4.79 Å². The van der Waals surface area contributed by atoms with Crippen molar-refractivity contribution in [2.24, 2.45) is 0 Å². The third kappa shape index (κ3) is 5.03. The summed E-state index contributed by atoms with van der Waals surface area (Å²) in [5.74, 6) is -0.498. The van der Waals surface area contributed by atoms with Crippen LogP contribution in [-0.4, -0.2) is 66.5 Å². The van der Waals surface area contributed by atoms with E-state index in [1.165, 1.54) is 4.90 Å². The van der Waals surface area contributed by atoms with E-state index in [4.69, 9.17) is 4.74 Å². The predicted octanol–water partition coefficient (Wildman–Crippen LogP) is 1.74. The molecule has 136 valence electrons. The molecule has 0 spiro atoms. The van der Waals surface area contributed by atoms with E-state index in [0.29, 0.717) is 37.3 Å². The normalized spacial score (nSPS) is 14.0. The Balaban J connectivity index is 1.74. The molecule has 1 aromatic rings. The highest BCUT2D eigenvalue weighted by atomic mass is 16.6. The van der Waals surface area contributed by atoms with E-state index >= 15 is 0 Å². The highest BCUT2D eigenvalue weighted by molar-refractivity contribution is 6.21. The van der Waals surface area contributed by atoms with Crippen molar-refractivity contribution in [1.29, 1.82) is 0 Å². The summed E-state index contributed by atoms with van der Waals surface area (Å²) in [4.78, 5) is 39.3. The van der Waals surface area contributed by atoms with E-state index in [1.54, 1.807) is 45.0 Å². The zero-order valence-corrected chi connectivity index (χ0v) is 15.2. The Morgan fingerprint density at radius 1 is 1.12 bits per heavy atom. The summed E-state index contributed by atoms with van der Waals surface area (Å²) in [6.07, 6.45) is -0.457. The molecule has 1 aliphatic heterocycles. The van der Waals surface area contributed by atoms with Crippen molar-refractivity contribution < 1.29 is 19.1 Å². The number of likely N-dealkylation sites (N-methyl/N-ethyl adjacent to an activating group) is 1. The summed E-state index contributed by atoms with van der Waals surface area (Å²) in [6.45, 7) is 7.27. The number of ether oxygens (including phenoxy) is 1. The average Bonchev–Trinajstić information content (AvgIpc) is 2.76. The van der Waals surface area contributed by atoms with Gasteiger partial charge in [0.2, 0.25) is 0 Å². The first-order valence-corrected chi connectivity index (χ1v) is 8.29. The van der Waals surface area contributed by atoms with Gasteiger partial charge in [0.15, 0.2) is 0 Å². The molecular formula is C18H25N3O4. The molecule has 0 saturated heterocycles. The monoisotopic (exact) mass is 347 g/mol. The fourth-order valence-electron chi connectivity index (χ4n) is 2.49. The second-order valence-corrected chi connectivity index (χ2v) is 7.04. The molecule has 0 unspecified atom stereocenters. The van der Waals surface area contributed by atoms with Crippen LogP contribution < -0.4 is 5.32 Å². The minimum absolute atomic E-state index is 0.249. The molecule has 0 aliphatic carbocycles. The van der Waals surface area contributed by atoms with Crippen molar-refractivity contribution in [2.75, 3.05) is 33.2 Å². The van der Waals surface area contributed by atoms with Gasteiger partial charge in [0, 0.05) is 26.2 Å². The lowest BCUT2D eigenvalue weighted by atomic mass is 10.1. The van der Waals surface area contributed by atoms with E-state index in [0.717, 1.165) is 0 Å². The fourth-order valence-corrected chi connectivity index (χ4v) is 2.49. The quantitative estimate of drug-likeness (QED) is 0.793. The van der Waals surface area contributed by atoms with Crippen molar-refractivity contribution in [1.82, 2.24) is 15.1 Å². The lowest BCUT2D eigenvalue weighted by Crippen LogP contribution is -2.40. The predicted molar refractivity (Wildman–Crippen MR) is 93.5 cm³/mol. The van der Waals surface area contributed by atoms with Crippen molar-refractivity contribution in [2.45, 2.75) is 26.4 Å². The second kappa shape index (κ2) is 7.65. The van der Waals surface area contributed by atoms with Crippen LogP contribution in [-0.2, 0) is 4.74 Å². The molecule has 1 N–H and O–H groups in total. The fraction of sp³-hybridized carbons (Fsp3) is 0.500. The number of alkyl carbamates (subject to hydrolysis) is 1. The van der Waals surface area contributed by atoms with Crippen molar-refractivity contribution >= 4 is 17.9 Å². The molecule has 25 heavy (non-hydrogen) atoms. The molecule has 0 bridgehead atoms. The van der Waals surface area contributed by atoms with Crippen LogP contribution >= 0.6 is 0 Å². The Bertz CT molecular complexity index is 632. The van der Waals surface area contributed by atoms with Crippen LogP contribution in [0.5, 0.6) is 0 Å². The number of amides is 3. The Morgan fingerprint density at radius 2 is 1.68 bits per heavy atom. The third-order valence-corrected chi connectivity index (χ3v) is 3.75. The summed E-state index contributed by atoms with van der Waals surface area (Å²) >= 11 is 0. The van der Waals surface area contributed by atoms with Gasteiger partial charge in [0.1, 0.15) is 5.60 Å². The number of hydrogen-bond donors (Lipinski definition) is 1. The number of carbonyl (C=O) groups is 3. The minimum atomic E-state index is -0.526. The number of benzene rings is 1. The van der Waals surface area contributed by atoms with Gasteiger partial charge >= 0.3 is 6.09 Å². The summed E-state index contributed by atoms with van der Waals surface area (Å²) in [5.41, 5.74) is 0.394. The van der Waals surface area contributed by atoms with Crippen molar-refractivity contribution in [3.8, 4) is 0 Å². The summed E-state index contributed by atoms with van der Waals surface area (Å²) in [7, 11) is 1.87. The summed E-state index contributed by atoms with van der Waals surface area (Å²) in [6, 6.07) is 6.85. The molecule has 7 nitrogen and oxygen atoms in total. The van der Waals surface area contributed by atoms with Gasteiger partial charge < -0.3 is 15.0 Å². The Morgan fingerprint density at radius 3 is 2.20 bits per heavy atom. The highest BCUT2D eigenvalue weighted by Crippen LogP contribution is 2.21. The van der Waals surface area contributed by atoms with Gasteiger partial charge in [-0.3, -0.25) is 14.5 Å². The molecule has 1 heterocycles. The van der Waals surface area contributed by atoms with E-state index in [-0.39, 0.29) is 11.8 Å². The second-order valence-electron chi connectivity index (χ2n) is 7.04. The Labute approximate surface area is 147 Å². The van der Waals surface area contributed by atoms with E-state index in [2.05, 4.69) is 5.32 Å². The maximum absolute atomic E-state index is 12.3. The number of nitrogens with zero attached hydrogens (tertiary/aromatic N) is 2. The first kappa shape index (κ1) is 18.9. The molecule has 7 heteroatoms. The van der Waals surface area contributed by atoms with Gasteiger partial charge in [-0.1, -0.05) is 12.1 Å². The number of fused-ring (bicyclic) bond motifs is 1. The molecule has 3 amide bonds. The third-order valence-electron chi connectivity index (χ3n) is 3.75. The molecular weight excluding hydrogens is 322 g/mol. The number of rotatable bonds is 6. The van der Waals surface area contributed by atoms with Gasteiger partial charge in [-0.05, 0) is 40.0 Å². The average molecular weight is 347 g/mol. The molecule has 0 fully saturated rings. The Kier molecular flexibility index (Phi) is 5.79. The van der Waals surface area contributed by atoms with Gasteiger partial charge in [-0.2, -0.15) is 0 Å². The van der Waals surface area contributed by atoms with E-state index < -0.39 is 11.7 Å². The smallest absolute Gasteiger partial charge is 0.407 e. The minimum Gasteiger partial charge on any atom is -0.444 e. The van der Waals surface area contributed by atoms with Crippen LogP contribution in [0.2, 0.25) is 0 Å². The first-order valence-electron chi connectivity index (χ1n) is 8.29. The lowest BCUT2D eigenvalue weighted by Gasteiger charge is -2.22. The molecule has 0 atom stereocenters. The number of carbonyl (C=O) groups excluding carboxylic acids is 3. The maximum Gasteiger partial charge on any atom is 0.407 e. The number of imide groups is 1. The SMILES string of the molecule is CN(CCNC(=O)OC(C)(C)C)CCN1C(=O)c2ccccc2C1=O. The zero-order chi connectivity index (χ0) is 18.6. The lowest BCUT2D eigenvalue weighted by molar-refractivity contribution is 0.0523. The molecule has 1 aliphatic rings. The van der Waals surface area contributed by atoms with Gasteiger partial charge in [0.05, 0.1) is 11.1 Å². The van der Waals surface area contributed by atoms with Crippen LogP contribution in [0.25, 0.3) is 0 Å². The topological polar surface area (TPSA) is 79.0 Å². The van der Waals surface area contributed by atoms with E-state index in [9.17, 15) is 14.4 Å². The van der Waals surface area contributed by atoms with Crippen LogP contribution in [0.1, 0.15) is 41.5 Å². The highest BCUT2D eigenvalue weighted by Gasteiger charge is 2.34. The number of hydrogen-bond acceptors (Lipinski definition) is 5. The maximum atomic E-state index is 12.3. The molecule has 1 aromatic carbocycles. The summed E-state index contributed by atoms with van der Waals surface area (Å²) in [5, 5.41) is 2.68.